The predicted octanol–water partition coefficient (Wildman–Crippen LogP) is 1.34. The molecule has 0 aromatic carbocycles. The van der Waals surface area contributed by atoms with Gasteiger partial charge in [0.2, 0.25) is 0 Å². The quantitative estimate of drug-likeness (QED) is 0.833. The minimum absolute atomic E-state index is 0.473. The van der Waals surface area contributed by atoms with Crippen molar-refractivity contribution in [3.63, 3.8) is 0 Å². The molecule has 1 aliphatic heterocycles. The molecule has 1 fully saturated rings. The van der Waals surface area contributed by atoms with Crippen LogP contribution in [-0.4, -0.2) is 27.9 Å². The minimum atomic E-state index is 0.473. The number of pyridine rings is 1. The first kappa shape index (κ1) is 8.38. The van der Waals surface area contributed by atoms with Crippen molar-refractivity contribution in [3.05, 3.63) is 22.9 Å². The molecule has 2 aromatic rings. The molecule has 0 amide bonds. The average molecular weight is 253 g/mol. The molecule has 0 spiro atoms. The predicted molar refractivity (Wildman–Crippen MR) is 57.1 cm³/mol. The Balaban J connectivity index is 2.16. The maximum atomic E-state index is 4.37. The van der Waals surface area contributed by atoms with Gasteiger partial charge in [0.05, 0.1) is 12.2 Å². The highest BCUT2D eigenvalue weighted by Crippen LogP contribution is 2.20. The van der Waals surface area contributed by atoms with Crippen LogP contribution < -0.4 is 5.32 Å². The molecule has 1 saturated heterocycles. The molecule has 0 aliphatic carbocycles. The summed E-state index contributed by atoms with van der Waals surface area (Å²) in [6.45, 7) is 1.99. The second-order valence-corrected chi connectivity index (χ2v) is 4.38. The first-order valence-electron chi connectivity index (χ1n) is 4.54. The van der Waals surface area contributed by atoms with E-state index in [0.717, 1.165) is 28.6 Å². The lowest BCUT2D eigenvalue weighted by Gasteiger charge is -2.27. The molecule has 0 atom stereocenters. The summed E-state index contributed by atoms with van der Waals surface area (Å²) in [5.74, 6) is 0. The largest absolute Gasteiger partial charge is 0.312 e. The molecule has 3 heterocycles. The number of nitrogens with one attached hydrogen (secondary N) is 1. The van der Waals surface area contributed by atoms with Crippen molar-refractivity contribution >= 4 is 27.0 Å². The van der Waals surface area contributed by atoms with Crippen LogP contribution in [-0.2, 0) is 0 Å². The maximum absolute atomic E-state index is 4.37. The highest BCUT2D eigenvalue weighted by Gasteiger charge is 2.21. The smallest absolute Gasteiger partial charge is 0.158 e. The molecule has 5 heteroatoms. The molecule has 0 radical (unpaired) electrons. The van der Waals surface area contributed by atoms with E-state index in [2.05, 4.69) is 31.3 Å². The number of hydrogen-bond acceptors (Lipinski definition) is 3. The van der Waals surface area contributed by atoms with Crippen LogP contribution in [0.5, 0.6) is 0 Å². The third-order valence-electron chi connectivity index (χ3n) is 2.51. The molecular formula is C9H9BrN4. The summed E-state index contributed by atoms with van der Waals surface area (Å²) >= 11 is 3.40. The van der Waals surface area contributed by atoms with Crippen molar-refractivity contribution in [3.8, 4) is 0 Å². The summed E-state index contributed by atoms with van der Waals surface area (Å²) in [4.78, 5) is 4.37. The lowest BCUT2D eigenvalue weighted by Crippen LogP contribution is -2.43. The van der Waals surface area contributed by atoms with Crippen molar-refractivity contribution in [1.82, 2.24) is 20.1 Å². The van der Waals surface area contributed by atoms with Gasteiger partial charge in [-0.05, 0) is 22.0 Å². The van der Waals surface area contributed by atoms with E-state index in [-0.39, 0.29) is 0 Å². The normalized spacial score (nSPS) is 17.2. The van der Waals surface area contributed by atoms with Crippen molar-refractivity contribution < 1.29 is 0 Å². The molecule has 1 N–H and O–H groups in total. The number of fused-ring (bicyclic) bond motifs is 1. The van der Waals surface area contributed by atoms with Crippen LogP contribution in [0.15, 0.2) is 22.9 Å². The first-order chi connectivity index (χ1) is 6.84. The van der Waals surface area contributed by atoms with Crippen LogP contribution >= 0.6 is 15.9 Å². The zero-order chi connectivity index (χ0) is 9.54. The van der Waals surface area contributed by atoms with E-state index in [1.165, 1.54) is 0 Å². The molecule has 1 aliphatic rings. The highest BCUT2D eigenvalue weighted by atomic mass is 79.9. The van der Waals surface area contributed by atoms with Crippen molar-refractivity contribution in [1.29, 1.82) is 0 Å². The Morgan fingerprint density at radius 3 is 3.00 bits per heavy atom. The van der Waals surface area contributed by atoms with Crippen LogP contribution in [0.2, 0.25) is 0 Å². The van der Waals surface area contributed by atoms with Crippen LogP contribution in [0.25, 0.3) is 11.0 Å². The third-order valence-corrected chi connectivity index (χ3v) is 2.94. The van der Waals surface area contributed by atoms with E-state index >= 15 is 0 Å². The van der Waals surface area contributed by atoms with Crippen LogP contribution in [0.3, 0.4) is 0 Å². The van der Waals surface area contributed by atoms with Gasteiger partial charge in [-0.15, -0.1) is 0 Å². The summed E-state index contributed by atoms with van der Waals surface area (Å²) in [5, 5.41) is 8.67. The van der Waals surface area contributed by atoms with E-state index in [4.69, 9.17) is 0 Å². The standard InChI is InChI=1S/C9H9BrN4/c10-7-1-6-2-13-14(8-4-11-5-8)9(6)12-3-7/h1-3,8,11H,4-5H2. The molecule has 72 valence electrons. The molecule has 2 aromatic heterocycles. The van der Waals surface area contributed by atoms with Crippen molar-refractivity contribution in [2.24, 2.45) is 0 Å². The van der Waals surface area contributed by atoms with Gasteiger partial charge in [0.1, 0.15) is 0 Å². The van der Waals surface area contributed by atoms with Crippen molar-refractivity contribution in [2.45, 2.75) is 6.04 Å². The Hall–Kier alpha value is -0.940. The Bertz CT molecular complexity index is 475. The number of nitrogens with zero attached hydrogens (tertiary/aromatic N) is 3. The van der Waals surface area contributed by atoms with Gasteiger partial charge < -0.3 is 5.32 Å². The van der Waals surface area contributed by atoms with E-state index in [1.54, 1.807) is 0 Å². The number of hydrogen-bond donors (Lipinski definition) is 1. The Labute approximate surface area is 89.4 Å². The zero-order valence-electron chi connectivity index (χ0n) is 7.44. The average Bonchev–Trinajstić information content (AvgIpc) is 2.45. The summed E-state index contributed by atoms with van der Waals surface area (Å²) in [7, 11) is 0. The van der Waals surface area contributed by atoms with Crippen LogP contribution in [0.1, 0.15) is 6.04 Å². The zero-order valence-corrected chi connectivity index (χ0v) is 9.03. The summed E-state index contributed by atoms with van der Waals surface area (Å²) < 4.78 is 2.99. The van der Waals surface area contributed by atoms with Gasteiger partial charge in [0, 0.05) is 29.1 Å². The van der Waals surface area contributed by atoms with Gasteiger partial charge in [-0.1, -0.05) is 0 Å². The molecular weight excluding hydrogens is 244 g/mol. The van der Waals surface area contributed by atoms with Gasteiger partial charge in [0.15, 0.2) is 5.65 Å². The molecule has 0 saturated carbocycles. The van der Waals surface area contributed by atoms with Crippen molar-refractivity contribution in [2.75, 3.05) is 13.1 Å². The minimum Gasteiger partial charge on any atom is -0.312 e. The lowest BCUT2D eigenvalue weighted by atomic mass is 10.2. The molecule has 3 rings (SSSR count). The number of rotatable bonds is 1. The maximum Gasteiger partial charge on any atom is 0.158 e. The number of aromatic nitrogens is 3. The summed E-state index contributed by atoms with van der Waals surface area (Å²) in [6, 6.07) is 2.51. The Morgan fingerprint density at radius 2 is 2.29 bits per heavy atom. The fraction of sp³-hybridized carbons (Fsp3) is 0.333. The lowest BCUT2D eigenvalue weighted by molar-refractivity contribution is 0.325. The topological polar surface area (TPSA) is 42.7 Å². The van der Waals surface area contributed by atoms with E-state index < -0.39 is 0 Å². The SMILES string of the molecule is Brc1cnc2c(cnn2C2CNC2)c1. The highest BCUT2D eigenvalue weighted by molar-refractivity contribution is 9.10. The molecule has 4 nitrogen and oxygen atoms in total. The Morgan fingerprint density at radius 1 is 1.43 bits per heavy atom. The second kappa shape index (κ2) is 3.03. The second-order valence-electron chi connectivity index (χ2n) is 3.47. The fourth-order valence-electron chi connectivity index (χ4n) is 1.63. The van der Waals surface area contributed by atoms with Gasteiger partial charge in [-0.3, -0.25) is 0 Å². The molecule has 0 bridgehead atoms. The van der Waals surface area contributed by atoms with Gasteiger partial charge >= 0.3 is 0 Å². The molecule has 0 unspecified atom stereocenters. The van der Waals surface area contributed by atoms with Gasteiger partial charge in [-0.2, -0.15) is 5.10 Å². The van der Waals surface area contributed by atoms with Crippen LogP contribution in [0.4, 0.5) is 0 Å². The molecule has 14 heavy (non-hydrogen) atoms. The van der Waals surface area contributed by atoms with E-state index in [1.807, 2.05) is 23.1 Å². The fourth-order valence-corrected chi connectivity index (χ4v) is 1.98. The van der Waals surface area contributed by atoms with E-state index in [0.29, 0.717) is 6.04 Å². The monoisotopic (exact) mass is 252 g/mol. The first-order valence-corrected chi connectivity index (χ1v) is 5.33. The van der Waals surface area contributed by atoms with Crippen LogP contribution in [0, 0.1) is 0 Å². The van der Waals surface area contributed by atoms with Gasteiger partial charge in [-0.25, -0.2) is 9.67 Å². The van der Waals surface area contributed by atoms with E-state index in [9.17, 15) is 0 Å². The Kier molecular flexibility index (Phi) is 1.81. The summed E-state index contributed by atoms with van der Waals surface area (Å²) in [5.41, 5.74) is 0.972. The summed E-state index contributed by atoms with van der Waals surface area (Å²) in [6.07, 6.45) is 3.68. The number of halogens is 1. The third kappa shape index (κ3) is 1.16. The van der Waals surface area contributed by atoms with Gasteiger partial charge in [0.25, 0.3) is 0 Å².